The predicted molar refractivity (Wildman–Crippen MR) is 195 cm³/mol. The van der Waals surface area contributed by atoms with E-state index in [1.807, 2.05) is 12.3 Å². The van der Waals surface area contributed by atoms with Gasteiger partial charge in [0.05, 0.1) is 11.4 Å². The summed E-state index contributed by atoms with van der Waals surface area (Å²) in [6, 6.07) is 51.8. The van der Waals surface area contributed by atoms with Crippen LogP contribution in [-0.4, -0.2) is 15.0 Å². The van der Waals surface area contributed by atoms with Crippen molar-refractivity contribution in [2.75, 3.05) is 0 Å². The molecule has 0 amide bonds. The molecule has 0 atom stereocenters. The highest BCUT2D eigenvalue weighted by Gasteiger charge is 2.15. The zero-order chi connectivity index (χ0) is 31.3. The third-order valence-corrected chi connectivity index (χ3v) is 9.31. The van der Waals surface area contributed by atoms with Gasteiger partial charge in [0.1, 0.15) is 0 Å². The molecule has 0 aliphatic carbocycles. The second-order valence-electron chi connectivity index (χ2n) is 12.1. The van der Waals surface area contributed by atoms with Crippen LogP contribution in [0, 0.1) is 6.92 Å². The van der Waals surface area contributed by atoms with E-state index in [1.54, 1.807) is 6.20 Å². The second-order valence-corrected chi connectivity index (χ2v) is 12.1. The molecule has 0 radical (unpaired) electrons. The van der Waals surface area contributed by atoms with Gasteiger partial charge in [-0.05, 0) is 79.2 Å². The summed E-state index contributed by atoms with van der Waals surface area (Å²) in [5, 5.41) is 7.77. The number of aryl methyl sites for hydroxylation is 1. The molecular weight excluding hydrogens is 571 g/mol. The number of pyridine rings is 1. The zero-order valence-electron chi connectivity index (χ0n) is 25.9. The van der Waals surface area contributed by atoms with Crippen LogP contribution in [0.2, 0.25) is 0 Å². The fourth-order valence-electron chi connectivity index (χ4n) is 6.88. The minimum Gasteiger partial charge on any atom is -0.264 e. The number of hydrogen-bond acceptors (Lipinski definition) is 3. The number of hydrogen-bond donors (Lipinski definition) is 0. The average molecular weight is 600 g/mol. The van der Waals surface area contributed by atoms with Crippen molar-refractivity contribution in [3.63, 3.8) is 0 Å². The van der Waals surface area contributed by atoms with Crippen LogP contribution in [0.5, 0.6) is 0 Å². The molecule has 0 saturated heterocycles. The third kappa shape index (κ3) is 4.72. The Balaban J connectivity index is 1.14. The summed E-state index contributed by atoms with van der Waals surface area (Å²) >= 11 is 0. The molecular formula is C44H29N3. The van der Waals surface area contributed by atoms with E-state index in [1.165, 1.54) is 49.0 Å². The van der Waals surface area contributed by atoms with Gasteiger partial charge in [-0.25, -0.2) is 9.97 Å². The molecule has 47 heavy (non-hydrogen) atoms. The van der Waals surface area contributed by atoms with Gasteiger partial charge >= 0.3 is 0 Å². The van der Waals surface area contributed by atoms with Crippen molar-refractivity contribution in [2.24, 2.45) is 0 Å². The summed E-state index contributed by atoms with van der Waals surface area (Å²) in [5.41, 5.74) is 10.7. The Bertz CT molecular complexity index is 2540. The SMILES string of the molecule is Cc1ccccc1-c1cc(-c2ccc(-c3cccnc3)cc2)nc(-c2ccc(-c3ccc4ccc5cccc6ccc3c4c56)cc2)n1. The first-order valence-electron chi connectivity index (χ1n) is 15.9. The topological polar surface area (TPSA) is 38.7 Å². The highest BCUT2D eigenvalue weighted by Crippen LogP contribution is 2.40. The Labute approximate surface area is 273 Å². The largest absolute Gasteiger partial charge is 0.264 e. The van der Waals surface area contributed by atoms with Crippen LogP contribution in [0.1, 0.15) is 5.56 Å². The summed E-state index contributed by atoms with van der Waals surface area (Å²) in [6.45, 7) is 2.13. The molecule has 2 aromatic heterocycles. The molecule has 0 bridgehead atoms. The molecule has 0 fully saturated rings. The van der Waals surface area contributed by atoms with E-state index < -0.39 is 0 Å². The van der Waals surface area contributed by atoms with Crippen LogP contribution in [0.15, 0.2) is 158 Å². The Kier molecular flexibility index (Phi) is 6.36. The van der Waals surface area contributed by atoms with Gasteiger partial charge in [0, 0.05) is 29.1 Å². The lowest BCUT2D eigenvalue weighted by Gasteiger charge is -2.14. The van der Waals surface area contributed by atoms with Crippen molar-refractivity contribution in [1.82, 2.24) is 15.0 Å². The van der Waals surface area contributed by atoms with Crippen LogP contribution in [-0.2, 0) is 0 Å². The first kappa shape index (κ1) is 27.1. The van der Waals surface area contributed by atoms with Crippen molar-refractivity contribution < 1.29 is 0 Å². The quantitative estimate of drug-likeness (QED) is 0.185. The minimum absolute atomic E-state index is 0.707. The predicted octanol–water partition coefficient (Wildman–Crippen LogP) is 11.4. The van der Waals surface area contributed by atoms with Crippen LogP contribution in [0.3, 0.4) is 0 Å². The normalized spacial score (nSPS) is 11.5. The van der Waals surface area contributed by atoms with E-state index in [0.29, 0.717) is 5.82 Å². The van der Waals surface area contributed by atoms with E-state index in [0.717, 1.165) is 39.2 Å². The third-order valence-electron chi connectivity index (χ3n) is 9.31. The second kappa shape index (κ2) is 11.0. The first-order valence-corrected chi connectivity index (χ1v) is 15.9. The number of rotatable bonds is 5. The molecule has 9 rings (SSSR count). The lowest BCUT2D eigenvalue weighted by atomic mass is 9.90. The fraction of sp³-hybridized carbons (Fsp3) is 0.0227. The van der Waals surface area contributed by atoms with E-state index in [-0.39, 0.29) is 0 Å². The monoisotopic (exact) mass is 599 g/mol. The standard InChI is InChI=1S/C44H29N3/c1-28-6-2-3-10-37(28)41-26-40(31-15-11-29(12-16-31)36-9-5-25-45-27-36)46-44(47-41)35-19-13-30(14-20-35)38-23-21-34-18-17-32-7-4-8-33-22-24-39(38)43(34)42(32)33/h2-27H,1H3. The summed E-state index contributed by atoms with van der Waals surface area (Å²) in [7, 11) is 0. The average Bonchev–Trinajstić information content (AvgIpc) is 3.14. The van der Waals surface area contributed by atoms with Gasteiger partial charge in [-0.15, -0.1) is 0 Å². The van der Waals surface area contributed by atoms with Crippen molar-refractivity contribution >= 4 is 32.3 Å². The highest BCUT2D eigenvalue weighted by molar-refractivity contribution is 6.25. The van der Waals surface area contributed by atoms with Gasteiger partial charge in [0.2, 0.25) is 0 Å². The molecule has 220 valence electrons. The van der Waals surface area contributed by atoms with Crippen molar-refractivity contribution in [1.29, 1.82) is 0 Å². The lowest BCUT2D eigenvalue weighted by molar-refractivity contribution is 1.18. The smallest absolute Gasteiger partial charge is 0.160 e. The van der Waals surface area contributed by atoms with Crippen molar-refractivity contribution in [2.45, 2.75) is 6.92 Å². The maximum atomic E-state index is 5.12. The van der Waals surface area contributed by atoms with Crippen LogP contribution in [0.4, 0.5) is 0 Å². The van der Waals surface area contributed by atoms with E-state index in [4.69, 9.17) is 9.97 Å². The molecule has 0 spiro atoms. The summed E-state index contributed by atoms with van der Waals surface area (Å²) in [6.07, 6.45) is 3.69. The Morgan fingerprint density at radius 3 is 1.85 bits per heavy atom. The van der Waals surface area contributed by atoms with E-state index in [9.17, 15) is 0 Å². The summed E-state index contributed by atoms with van der Waals surface area (Å²) in [5.74, 6) is 0.707. The van der Waals surface area contributed by atoms with Crippen LogP contribution >= 0.6 is 0 Å². The maximum absolute atomic E-state index is 5.12. The van der Waals surface area contributed by atoms with Gasteiger partial charge in [0.25, 0.3) is 0 Å². The zero-order valence-corrected chi connectivity index (χ0v) is 25.9. The minimum atomic E-state index is 0.707. The fourth-order valence-corrected chi connectivity index (χ4v) is 6.88. The molecule has 0 saturated carbocycles. The number of aromatic nitrogens is 3. The molecule has 0 aliphatic rings. The number of benzene rings is 7. The molecule has 3 heteroatoms. The molecule has 0 unspecified atom stereocenters. The highest BCUT2D eigenvalue weighted by atomic mass is 14.9. The molecule has 2 heterocycles. The summed E-state index contributed by atoms with van der Waals surface area (Å²) < 4.78 is 0. The first-order chi connectivity index (χ1) is 23.2. The van der Waals surface area contributed by atoms with Crippen molar-refractivity contribution in [3.05, 3.63) is 164 Å². The van der Waals surface area contributed by atoms with Gasteiger partial charge in [0.15, 0.2) is 5.82 Å². The number of nitrogens with zero attached hydrogens (tertiary/aromatic N) is 3. The van der Waals surface area contributed by atoms with Gasteiger partial charge < -0.3 is 0 Å². The maximum Gasteiger partial charge on any atom is 0.160 e. The van der Waals surface area contributed by atoms with Crippen LogP contribution < -0.4 is 0 Å². The molecule has 7 aromatic carbocycles. The van der Waals surface area contributed by atoms with Gasteiger partial charge in [-0.3, -0.25) is 4.98 Å². The Hall–Kier alpha value is -6.19. The van der Waals surface area contributed by atoms with E-state index >= 15 is 0 Å². The molecule has 0 aliphatic heterocycles. The molecule has 3 nitrogen and oxygen atoms in total. The van der Waals surface area contributed by atoms with E-state index in [2.05, 4.69) is 151 Å². The lowest BCUT2D eigenvalue weighted by Crippen LogP contribution is -1.97. The Morgan fingerprint density at radius 2 is 1.09 bits per heavy atom. The van der Waals surface area contributed by atoms with Crippen molar-refractivity contribution in [3.8, 4) is 56.2 Å². The molecule has 0 N–H and O–H groups in total. The van der Waals surface area contributed by atoms with Crippen LogP contribution in [0.25, 0.3) is 88.5 Å². The Morgan fingerprint density at radius 1 is 0.426 bits per heavy atom. The molecule has 9 aromatic rings. The summed E-state index contributed by atoms with van der Waals surface area (Å²) in [4.78, 5) is 14.5. The van der Waals surface area contributed by atoms with Gasteiger partial charge in [-0.1, -0.05) is 133 Å². The van der Waals surface area contributed by atoms with Gasteiger partial charge in [-0.2, -0.15) is 0 Å².